The summed E-state index contributed by atoms with van der Waals surface area (Å²) in [7, 11) is 2.23. The first-order chi connectivity index (χ1) is 29.0. The molecule has 1 aliphatic heterocycles. The van der Waals surface area contributed by atoms with E-state index in [0.717, 1.165) is 23.5 Å². The lowest BCUT2D eigenvalue weighted by Gasteiger charge is -2.38. The summed E-state index contributed by atoms with van der Waals surface area (Å²) in [4.78, 5) is 10.00. The van der Waals surface area contributed by atoms with Crippen molar-refractivity contribution in [2.45, 2.75) is 90.9 Å². The fraction of sp³-hybridized carbons (Fsp3) is 0.281. The van der Waals surface area contributed by atoms with Crippen LogP contribution in [0.5, 0.6) is 0 Å². The van der Waals surface area contributed by atoms with Crippen molar-refractivity contribution >= 4 is 38.9 Å². The predicted molar refractivity (Wildman–Crippen MR) is 260 cm³/mol. The molecule has 61 heavy (non-hydrogen) atoms. The first-order valence-electron chi connectivity index (χ1n) is 21.9. The van der Waals surface area contributed by atoms with Gasteiger partial charge in [0.25, 0.3) is 0 Å². The van der Waals surface area contributed by atoms with Crippen molar-refractivity contribution in [2.24, 2.45) is 0 Å². The normalized spacial score (nSPS) is 13.7. The Morgan fingerprint density at radius 2 is 1.08 bits per heavy atom. The average Bonchev–Trinajstić information content (AvgIpc) is 3.74. The van der Waals surface area contributed by atoms with E-state index in [2.05, 4.69) is 236 Å². The Hall–Kier alpha value is -6.13. The van der Waals surface area contributed by atoms with Crippen LogP contribution < -0.4 is 9.80 Å². The zero-order valence-corrected chi connectivity index (χ0v) is 37.9. The molecule has 8 aromatic rings. The monoisotopic (exact) mass is 800 g/mol. The summed E-state index contributed by atoms with van der Waals surface area (Å²) in [6, 6.07) is 55.0. The van der Waals surface area contributed by atoms with Crippen molar-refractivity contribution in [3.8, 4) is 5.82 Å². The number of rotatable bonds is 6. The molecule has 2 aromatic heterocycles. The van der Waals surface area contributed by atoms with Crippen LogP contribution in [0.2, 0.25) is 0 Å². The number of hydrogen-bond acceptors (Lipinski definition) is 3. The lowest BCUT2D eigenvalue weighted by molar-refractivity contribution is 0.586. The van der Waals surface area contributed by atoms with Crippen LogP contribution in [-0.2, 0) is 21.7 Å². The molecule has 9 rings (SSSR count). The number of aryl methyl sites for hydroxylation is 1. The number of hydrogen-bond donors (Lipinski definition) is 0. The molecule has 0 N–H and O–H groups in total. The van der Waals surface area contributed by atoms with Crippen molar-refractivity contribution in [3.63, 3.8) is 0 Å². The van der Waals surface area contributed by atoms with E-state index < -0.39 is 5.41 Å². The van der Waals surface area contributed by atoms with Crippen molar-refractivity contribution < 1.29 is 0 Å². The zero-order valence-electron chi connectivity index (χ0n) is 37.9. The lowest BCUT2D eigenvalue weighted by Crippen LogP contribution is -2.32. The summed E-state index contributed by atoms with van der Waals surface area (Å²) < 4.78 is 2.38. The van der Waals surface area contributed by atoms with Gasteiger partial charge in [0.1, 0.15) is 5.82 Å². The van der Waals surface area contributed by atoms with Gasteiger partial charge in [-0.15, -0.1) is 0 Å². The predicted octanol–water partition coefficient (Wildman–Crippen LogP) is 14.3. The topological polar surface area (TPSA) is 24.3 Å². The van der Waals surface area contributed by atoms with E-state index >= 15 is 0 Å². The number of benzene rings is 6. The minimum absolute atomic E-state index is 0.0224. The van der Waals surface area contributed by atoms with Crippen molar-refractivity contribution in [3.05, 3.63) is 196 Å². The molecule has 0 bridgehead atoms. The molecule has 308 valence electrons. The summed E-state index contributed by atoms with van der Waals surface area (Å²) >= 11 is 0. The van der Waals surface area contributed by atoms with E-state index in [9.17, 15) is 0 Å². The van der Waals surface area contributed by atoms with Gasteiger partial charge in [0, 0.05) is 29.7 Å². The second-order valence-electron chi connectivity index (χ2n) is 20.4. The molecule has 0 radical (unpaired) electrons. The fourth-order valence-corrected chi connectivity index (χ4v) is 9.85. The molecule has 0 spiro atoms. The van der Waals surface area contributed by atoms with Crippen molar-refractivity contribution in [2.75, 3.05) is 23.5 Å². The molecule has 0 atom stereocenters. The highest BCUT2D eigenvalue weighted by Gasteiger charge is 2.41. The van der Waals surface area contributed by atoms with Gasteiger partial charge in [-0.25, -0.2) is 4.98 Å². The largest absolute Gasteiger partial charge is 0.355 e. The van der Waals surface area contributed by atoms with Gasteiger partial charge >= 0.3 is 0 Å². The molecule has 0 amide bonds. The van der Waals surface area contributed by atoms with Gasteiger partial charge < -0.3 is 9.80 Å². The Kier molecular flexibility index (Phi) is 9.58. The van der Waals surface area contributed by atoms with Crippen LogP contribution in [0.25, 0.3) is 27.6 Å². The maximum atomic E-state index is 5.06. The molecular formula is C57H60N4. The van der Waals surface area contributed by atoms with Gasteiger partial charge in [0.05, 0.1) is 34.5 Å². The highest BCUT2D eigenvalue weighted by molar-refractivity contribution is 6.09. The molecule has 0 fully saturated rings. The third-order valence-electron chi connectivity index (χ3n) is 13.1. The van der Waals surface area contributed by atoms with Crippen LogP contribution in [0.15, 0.2) is 152 Å². The molecule has 1 aliphatic rings. The highest BCUT2D eigenvalue weighted by atomic mass is 15.4. The average molecular weight is 801 g/mol. The molecule has 0 saturated heterocycles. The van der Waals surface area contributed by atoms with Crippen LogP contribution in [0.4, 0.5) is 17.1 Å². The highest BCUT2D eigenvalue weighted by Crippen LogP contribution is 2.51. The standard InChI is InChI=1S/C57H60N4/c1-38-30-52-51(36-48(38)56(8,9)10)59(11)37-60(52)45-32-43(55(5,6)7)31-44(33-45)57(39-20-14-12-15-21-39,40-22-16-13-17-23-40)42-26-27-47-46-24-18-19-25-49(46)61(50(47)34-42)53-35-41(28-29-58-53)54(2,3)4/h12-36H,37H2,1-11H3. The first kappa shape index (κ1) is 40.3. The van der Waals surface area contributed by atoms with E-state index in [0.29, 0.717) is 0 Å². The maximum Gasteiger partial charge on any atom is 0.137 e. The van der Waals surface area contributed by atoms with Crippen LogP contribution in [0.3, 0.4) is 0 Å². The number of nitrogens with zero attached hydrogens (tertiary/aromatic N) is 4. The lowest BCUT2D eigenvalue weighted by atomic mass is 9.64. The first-order valence-corrected chi connectivity index (χ1v) is 21.9. The van der Waals surface area contributed by atoms with E-state index in [-0.39, 0.29) is 16.2 Å². The van der Waals surface area contributed by atoms with Gasteiger partial charge in [-0.2, -0.15) is 0 Å². The van der Waals surface area contributed by atoms with Crippen LogP contribution in [0.1, 0.15) is 107 Å². The molecule has 3 heterocycles. The molecular weight excluding hydrogens is 741 g/mol. The molecule has 0 aliphatic carbocycles. The Bertz CT molecular complexity index is 2880. The minimum Gasteiger partial charge on any atom is -0.355 e. The summed E-state index contributed by atoms with van der Waals surface area (Å²) in [6.07, 6.45) is 1.97. The second-order valence-corrected chi connectivity index (χ2v) is 20.4. The molecule has 0 saturated carbocycles. The zero-order chi connectivity index (χ0) is 43.1. The number of para-hydroxylation sites is 1. The minimum atomic E-state index is -0.685. The van der Waals surface area contributed by atoms with E-state index in [1.54, 1.807) is 0 Å². The SMILES string of the molecule is Cc1cc2c(cc1C(C)(C)C)N(C)CN2c1cc(C(C)(C)C)cc(C(c2ccccc2)(c2ccccc2)c2ccc3c4ccccc4n(-c4cc(C(C)(C)C)ccn4)c3c2)c1. The summed E-state index contributed by atoms with van der Waals surface area (Å²) in [5, 5.41) is 2.43. The Morgan fingerprint density at radius 3 is 1.72 bits per heavy atom. The summed E-state index contributed by atoms with van der Waals surface area (Å²) in [6.45, 7) is 23.8. The summed E-state index contributed by atoms with van der Waals surface area (Å²) in [5.74, 6) is 0.930. The van der Waals surface area contributed by atoms with Crippen molar-refractivity contribution in [1.29, 1.82) is 0 Å². The van der Waals surface area contributed by atoms with Crippen LogP contribution >= 0.6 is 0 Å². The van der Waals surface area contributed by atoms with Gasteiger partial charge in [0.15, 0.2) is 0 Å². The molecule has 4 nitrogen and oxygen atoms in total. The van der Waals surface area contributed by atoms with Crippen molar-refractivity contribution in [1.82, 2.24) is 9.55 Å². The van der Waals surface area contributed by atoms with Gasteiger partial charge in [-0.05, 0) is 116 Å². The quantitative estimate of drug-likeness (QED) is 0.157. The van der Waals surface area contributed by atoms with Gasteiger partial charge in [-0.3, -0.25) is 4.57 Å². The van der Waals surface area contributed by atoms with E-state index in [4.69, 9.17) is 4.98 Å². The fourth-order valence-electron chi connectivity index (χ4n) is 9.85. The molecule has 4 heteroatoms. The smallest absolute Gasteiger partial charge is 0.137 e. The van der Waals surface area contributed by atoms with Crippen LogP contribution in [-0.4, -0.2) is 23.3 Å². The number of fused-ring (bicyclic) bond motifs is 4. The Balaban J connectivity index is 1.37. The number of pyridine rings is 1. The molecule has 0 unspecified atom stereocenters. The number of anilines is 3. The Labute approximate surface area is 363 Å². The third kappa shape index (κ3) is 6.81. The third-order valence-corrected chi connectivity index (χ3v) is 13.1. The maximum absolute atomic E-state index is 5.06. The van der Waals surface area contributed by atoms with Gasteiger partial charge in [-0.1, -0.05) is 159 Å². The van der Waals surface area contributed by atoms with Crippen LogP contribution in [0, 0.1) is 6.92 Å². The number of aromatic nitrogens is 2. The van der Waals surface area contributed by atoms with E-state index in [1.165, 1.54) is 72.3 Å². The Morgan fingerprint density at radius 1 is 0.475 bits per heavy atom. The second kappa shape index (κ2) is 14.5. The molecule has 6 aromatic carbocycles. The van der Waals surface area contributed by atoms with Gasteiger partial charge in [0.2, 0.25) is 0 Å². The van der Waals surface area contributed by atoms with E-state index in [1.807, 2.05) is 6.20 Å². The summed E-state index contributed by atoms with van der Waals surface area (Å²) in [5.41, 5.74) is 15.4.